The number of H-pyrrole nitrogens is 1. The SMILES string of the molecule is COC(=O)c1c(C)[nH]c(C(=O)CN2CC[C@H]3CCCC[C@@H]3C2)c1C. The fourth-order valence-corrected chi connectivity index (χ4v) is 4.54. The van der Waals surface area contributed by atoms with Crippen molar-refractivity contribution in [3.05, 3.63) is 22.5 Å². The molecule has 1 saturated heterocycles. The standard InChI is InChI=1S/C19H28N2O3/c1-12-17(19(23)24-3)13(2)20-18(12)16(22)11-21-9-8-14-6-4-5-7-15(14)10-21/h14-15,20H,4-11H2,1-3H3/t14-,15-/m1/s1. The van der Waals surface area contributed by atoms with Gasteiger partial charge in [0.1, 0.15) is 0 Å². The summed E-state index contributed by atoms with van der Waals surface area (Å²) in [4.78, 5) is 30.0. The van der Waals surface area contributed by atoms with Gasteiger partial charge in [-0.15, -0.1) is 0 Å². The van der Waals surface area contributed by atoms with Crippen molar-refractivity contribution in [3.8, 4) is 0 Å². The molecule has 2 atom stereocenters. The third-order valence-corrected chi connectivity index (χ3v) is 5.85. The third kappa shape index (κ3) is 3.27. The highest BCUT2D eigenvalue weighted by atomic mass is 16.5. The van der Waals surface area contributed by atoms with Gasteiger partial charge in [-0.1, -0.05) is 19.3 Å². The minimum Gasteiger partial charge on any atom is -0.465 e. The highest BCUT2D eigenvalue weighted by Crippen LogP contribution is 2.36. The summed E-state index contributed by atoms with van der Waals surface area (Å²) in [6, 6.07) is 0. The molecular weight excluding hydrogens is 304 g/mol. The van der Waals surface area contributed by atoms with Crippen LogP contribution in [0.25, 0.3) is 0 Å². The summed E-state index contributed by atoms with van der Waals surface area (Å²) in [6.07, 6.45) is 6.60. The summed E-state index contributed by atoms with van der Waals surface area (Å²) >= 11 is 0. The van der Waals surface area contributed by atoms with Crippen molar-refractivity contribution < 1.29 is 14.3 Å². The molecule has 0 radical (unpaired) electrons. The quantitative estimate of drug-likeness (QED) is 0.680. The number of carbonyl (C=O) groups excluding carboxylic acids is 2. The van der Waals surface area contributed by atoms with Gasteiger partial charge in [0.05, 0.1) is 24.9 Å². The van der Waals surface area contributed by atoms with E-state index in [9.17, 15) is 9.59 Å². The summed E-state index contributed by atoms with van der Waals surface area (Å²) in [5.41, 5.74) is 2.45. The lowest BCUT2D eigenvalue weighted by atomic mass is 9.75. The Hall–Kier alpha value is -1.62. The number of Topliss-reactive ketones (excluding diaryl/α,β-unsaturated/α-hetero) is 1. The lowest BCUT2D eigenvalue weighted by Gasteiger charge is -2.41. The van der Waals surface area contributed by atoms with Gasteiger partial charge >= 0.3 is 5.97 Å². The van der Waals surface area contributed by atoms with Crippen molar-refractivity contribution in [2.24, 2.45) is 11.8 Å². The van der Waals surface area contributed by atoms with Crippen molar-refractivity contribution in [1.29, 1.82) is 0 Å². The van der Waals surface area contributed by atoms with E-state index in [2.05, 4.69) is 9.88 Å². The van der Waals surface area contributed by atoms with E-state index in [4.69, 9.17) is 4.74 Å². The number of piperidine rings is 1. The molecule has 5 heteroatoms. The van der Waals surface area contributed by atoms with Crippen LogP contribution >= 0.6 is 0 Å². The third-order valence-electron chi connectivity index (χ3n) is 5.85. The molecule has 0 bridgehead atoms. The summed E-state index contributed by atoms with van der Waals surface area (Å²) in [7, 11) is 1.37. The first-order valence-corrected chi connectivity index (χ1v) is 9.04. The van der Waals surface area contributed by atoms with Gasteiger partial charge in [-0.2, -0.15) is 0 Å². The topological polar surface area (TPSA) is 62.4 Å². The Morgan fingerprint density at radius 2 is 1.88 bits per heavy atom. The number of aryl methyl sites for hydroxylation is 1. The Morgan fingerprint density at radius 3 is 2.58 bits per heavy atom. The first-order chi connectivity index (χ1) is 11.5. The Morgan fingerprint density at radius 1 is 1.17 bits per heavy atom. The van der Waals surface area contributed by atoms with Gasteiger partial charge in [0.25, 0.3) is 0 Å². The molecule has 0 spiro atoms. The van der Waals surface area contributed by atoms with Crippen molar-refractivity contribution in [2.75, 3.05) is 26.7 Å². The molecular formula is C19H28N2O3. The molecule has 0 unspecified atom stereocenters. The van der Waals surface area contributed by atoms with E-state index in [1.165, 1.54) is 39.2 Å². The zero-order valence-electron chi connectivity index (χ0n) is 15.0. The minimum atomic E-state index is -0.386. The van der Waals surface area contributed by atoms with Crippen molar-refractivity contribution in [3.63, 3.8) is 0 Å². The van der Waals surface area contributed by atoms with Crippen LogP contribution in [-0.4, -0.2) is 48.4 Å². The van der Waals surface area contributed by atoms with E-state index >= 15 is 0 Å². The predicted molar refractivity (Wildman–Crippen MR) is 92.4 cm³/mol. The number of rotatable bonds is 4. The number of nitrogens with zero attached hydrogens (tertiary/aromatic N) is 1. The second-order valence-electron chi connectivity index (χ2n) is 7.37. The average Bonchev–Trinajstić information content (AvgIpc) is 2.88. The molecule has 1 aliphatic heterocycles. The number of nitrogens with one attached hydrogen (secondary N) is 1. The number of ketones is 1. The van der Waals surface area contributed by atoms with E-state index < -0.39 is 0 Å². The van der Waals surface area contributed by atoms with Crippen LogP contribution in [0.15, 0.2) is 0 Å². The number of ether oxygens (including phenoxy) is 1. The summed E-state index contributed by atoms with van der Waals surface area (Å²) in [6.45, 7) is 6.11. The van der Waals surface area contributed by atoms with Gasteiger partial charge in [-0.3, -0.25) is 9.69 Å². The molecule has 2 heterocycles. The first kappa shape index (κ1) is 17.2. The van der Waals surface area contributed by atoms with E-state index in [-0.39, 0.29) is 11.8 Å². The lowest BCUT2D eigenvalue weighted by molar-refractivity contribution is 0.0599. The van der Waals surface area contributed by atoms with Gasteiger partial charge in [0.2, 0.25) is 0 Å². The molecule has 0 amide bonds. The fourth-order valence-electron chi connectivity index (χ4n) is 4.54. The summed E-state index contributed by atoms with van der Waals surface area (Å²) in [5.74, 6) is 1.31. The number of carbonyl (C=O) groups is 2. The Kier molecular flexibility index (Phi) is 5.09. The number of likely N-dealkylation sites (tertiary alicyclic amines) is 1. The van der Waals surface area contributed by atoms with Crippen LogP contribution in [0.1, 0.15) is 64.2 Å². The van der Waals surface area contributed by atoms with Gasteiger partial charge in [-0.25, -0.2) is 4.79 Å². The second kappa shape index (κ2) is 7.09. The molecule has 132 valence electrons. The monoisotopic (exact) mass is 332 g/mol. The number of esters is 1. The maximum Gasteiger partial charge on any atom is 0.339 e. The Labute approximate surface area is 143 Å². The zero-order valence-corrected chi connectivity index (χ0v) is 15.0. The van der Waals surface area contributed by atoms with Gasteiger partial charge in [-0.05, 0) is 50.6 Å². The fraction of sp³-hybridized carbons (Fsp3) is 0.684. The molecule has 1 aromatic rings. The van der Waals surface area contributed by atoms with Crippen LogP contribution < -0.4 is 0 Å². The van der Waals surface area contributed by atoms with E-state index in [1.54, 1.807) is 0 Å². The number of fused-ring (bicyclic) bond motifs is 1. The number of aromatic amines is 1. The lowest BCUT2D eigenvalue weighted by Crippen LogP contribution is -2.44. The molecule has 24 heavy (non-hydrogen) atoms. The first-order valence-electron chi connectivity index (χ1n) is 9.04. The summed E-state index contributed by atoms with van der Waals surface area (Å²) < 4.78 is 4.82. The second-order valence-corrected chi connectivity index (χ2v) is 7.37. The molecule has 2 aliphatic rings. The maximum absolute atomic E-state index is 12.7. The molecule has 2 fully saturated rings. The van der Waals surface area contributed by atoms with Crippen LogP contribution in [0.2, 0.25) is 0 Å². The van der Waals surface area contributed by atoms with Crippen LogP contribution in [0.3, 0.4) is 0 Å². The van der Waals surface area contributed by atoms with Crippen LogP contribution in [0.5, 0.6) is 0 Å². The average molecular weight is 332 g/mol. The van der Waals surface area contributed by atoms with Crippen molar-refractivity contribution in [1.82, 2.24) is 9.88 Å². The van der Waals surface area contributed by atoms with E-state index in [0.29, 0.717) is 29.1 Å². The Balaban J connectivity index is 1.68. The van der Waals surface area contributed by atoms with Crippen LogP contribution in [0.4, 0.5) is 0 Å². The number of hydrogen-bond donors (Lipinski definition) is 1. The zero-order chi connectivity index (χ0) is 17.3. The molecule has 1 aliphatic carbocycles. The smallest absolute Gasteiger partial charge is 0.339 e. The molecule has 3 rings (SSSR count). The maximum atomic E-state index is 12.7. The predicted octanol–water partition coefficient (Wildman–Crippen LogP) is 3.11. The minimum absolute atomic E-state index is 0.0695. The number of hydrogen-bond acceptors (Lipinski definition) is 4. The van der Waals surface area contributed by atoms with Crippen LogP contribution in [-0.2, 0) is 4.74 Å². The number of methoxy groups -OCH3 is 1. The highest BCUT2D eigenvalue weighted by Gasteiger charge is 2.32. The van der Waals surface area contributed by atoms with E-state index in [1.807, 2.05) is 13.8 Å². The number of aromatic nitrogens is 1. The van der Waals surface area contributed by atoms with Crippen molar-refractivity contribution >= 4 is 11.8 Å². The molecule has 1 aromatic heterocycles. The normalized spacial score (nSPS) is 24.5. The molecule has 5 nitrogen and oxygen atoms in total. The molecule has 1 N–H and O–H groups in total. The highest BCUT2D eigenvalue weighted by molar-refractivity contribution is 6.02. The van der Waals surface area contributed by atoms with Crippen LogP contribution in [0, 0.1) is 25.7 Å². The largest absolute Gasteiger partial charge is 0.465 e. The van der Waals surface area contributed by atoms with Gasteiger partial charge < -0.3 is 9.72 Å². The van der Waals surface area contributed by atoms with Crippen molar-refractivity contribution in [2.45, 2.75) is 46.0 Å². The van der Waals surface area contributed by atoms with E-state index in [0.717, 1.165) is 24.9 Å². The molecule has 1 saturated carbocycles. The van der Waals surface area contributed by atoms with Gasteiger partial charge in [0, 0.05) is 12.2 Å². The molecule has 0 aromatic carbocycles. The van der Waals surface area contributed by atoms with Gasteiger partial charge in [0.15, 0.2) is 5.78 Å². The Bertz CT molecular complexity index is 635. The summed E-state index contributed by atoms with van der Waals surface area (Å²) in [5, 5.41) is 0.